The molecule has 0 bridgehead atoms. The minimum atomic E-state index is -4.62. The summed E-state index contributed by atoms with van der Waals surface area (Å²) in [5.74, 6) is -0.947. The summed E-state index contributed by atoms with van der Waals surface area (Å²) in [4.78, 5) is 34.9. The molecule has 0 heterocycles. The van der Waals surface area contributed by atoms with Crippen molar-refractivity contribution in [2.24, 2.45) is 0 Å². The molecular formula is C40H73O10P. The fourth-order valence-corrected chi connectivity index (χ4v) is 6.08. The van der Waals surface area contributed by atoms with Gasteiger partial charge in [-0.3, -0.25) is 18.6 Å². The second kappa shape index (κ2) is 36.5. The van der Waals surface area contributed by atoms with Gasteiger partial charge in [0, 0.05) is 12.8 Å². The molecule has 0 aliphatic carbocycles. The molecule has 298 valence electrons. The largest absolute Gasteiger partial charge is 0.472 e. The highest BCUT2D eigenvalue weighted by molar-refractivity contribution is 7.47. The third-order valence-electron chi connectivity index (χ3n) is 8.37. The van der Waals surface area contributed by atoms with Crippen LogP contribution < -0.4 is 0 Å². The molecule has 2 unspecified atom stereocenters. The standard InChI is InChI=1S/C40H73O10P/c1-3-5-7-9-11-13-15-17-18-20-21-23-25-27-29-31-39(43)47-35-38(36-49-51(45,46)48-34-37(42)33-41)50-40(44)32-30-28-26-24-22-19-16-14-12-10-8-6-4-2/h6,8,10,12,14,16,37-38,41-42H,3-5,7,9,11,13,15,17-36H2,1-2H3,(H,45,46)/b8-6+,12-10+,16-14+/t37-,38?/m0/s1. The summed E-state index contributed by atoms with van der Waals surface area (Å²) in [6.45, 7) is 2.22. The lowest BCUT2D eigenvalue weighted by atomic mass is 10.0. The fraction of sp³-hybridized carbons (Fsp3) is 0.800. The van der Waals surface area contributed by atoms with Gasteiger partial charge in [-0.25, -0.2) is 4.57 Å². The number of phosphoric acid groups is 1. The first kappa shape index (κ1) is 49.2. The van der Waals surface area contributed by atoms with Crippen molar-refractivity contribution >= 4 is 19.8 Å². The molecule has 51 heavy (non-hydrogen) atoms. The third-order valence-corrected chi connectivity index (χ3v) is 9.32. The first-order chi connectivity index (χ1) is 24.7. The van der Waals surface area contributed by atoms with E-state index in [0.29, 0.717) is 12.8 Å². The van der Waals surface area contributed by atoms with Gasteiger partial charge >= 0.3 is 19.8 Å². The van der Waals surface area contributed by atoms with Crippen LogP contribution in [0.2, 0.25) is 0 Å². The molecule has 3 N–H and O–H groups in total. The second-order valence-corrected chi connectivity index (χ2v) is 14.8. The van der Waals surface area contributed by atoms with Crippen molar-refractivity contribution in [2.75, 3.05) is 26.4 Å². The summed E-state index contributed by atoms with van der Waals surface area (Å²) in [5, 5.41) is 18.3. The number of aliphatic hydroxyl groups excluding tert-OH is 2. The molecular weight excluding hydrogens is 671 g/mol. The number of ether oxygens (including phenoxy) is 2. The molecule has 0 aromatic carbocycles. The molecule has 0 aromatic rings. The van der Waals surface area contributed by atoms with Gasteiger partial charge in [-0.15, -0.1) is 0 Å². The van der Waals surface area contributed by atoms with Crippen LogP contribution >= 0.6 is 7.82 Å². The maximum Gasteiger partial charge on any atom is 0.472 e. The van der Waals surface area contributed by atoms with Gasteiger partial charge in [0.05, 0.1) is 19.8 Å². The summed E-state index contributed by atoms with van der Waals surface area (Å²) < 4.78 is 32.6. The Morgan fingerprint density at radius 3 is 1.61 bits per heavy atom. The minimum Gasteiger partial charge on any atom is -0.462 e. The van der Waals surface area contributed by atoms with Crippen molar-refractivity contribution < 1.29 is 47.8 Å². The van der Waals surface area contributed by atoms with Gasteiger partial charge in [0.2, 0.25) is 0 Å². The minimum absolute atomic E-state index is 0.162. The van der Waals surface area contributed by atoms with E-state index in [1.807, 2.05) is 18.2 Å². The number of hydrogen-bond donors (Lipinski definition) is 3. The van der Waals surface area contributed by atoms with E-state index < -0.39 is 51.8 Å². The predicted molar refractivity (Wildman–Crippen MR) is 205 cm³/mol. The number of carbonyl (C=O) groups excluding carboxylic acids is 2. The zero-order valence-electron chi connectivity index (χ0n) is 32.1. The monoisotopic (exact) mass is 744 g/mol. The molecule has 0 aliphatic heterocycles. The van der Waals surface area contributed by atoms with E-state index in [4.69, 9.17) is 19.1 Å². The van der Waals surface area contributed by atoms with E-state index in [1.54, 1.807) is 0 Å². The molecule has 0 rings (SSSR count). The van der Waals surface area contributed by atoms with E-state index in [1.165, 1.54) is 70.6 Å². The van der Waals surface area contributed by atoms with Crippen LogP contribution in [0.1, 0.15) is 168 Å². The van der Waals surface area contributed by atoms with Crippen LogP contribution in [0, 0.1) is 0 Å². The number of aliphatic hydroxyl groups is 2. The van der Waals surface area contributed by atoms with E-state index >= 15 is 0 Å². The number of esters is 2. The molecule has 0 saturated heterocycles. The molecule has 11 heteroatoms. The van der Waals surface area contributed by atoms with E-state index in [2.05, 4.69) is 36.6 Å². The lowest BCUT2D eigenvalue weighted by Crippen LogP contribution is -2.29. The molecule has 3 atom stereocenters. The van der Waals surface area contributed by atoms with Crippen molar-refractivity contribution in [3.63, 3.8) is 0 Å². The summed E-state index contributed by atoms with van der Waals surface area (Å²) >= 11 is 0. The number of unbranched alkanes of at least 4 members (excludes halogenated alkanes) is 19. The van der Waals surface area contributed by atoms with E-state index in [-0.39, 0.29) is 19.4 Å². The van der Waals surface area contributed by atoms with Crippen LogP contribution in [0.25, 0.3) is 0 Å². The van der Waals surface area contributed by atoms with Crippen molar-refractivity contribution in [3.05, 3.63) is 36.5 Å². The lowest BCUT2D eigenvalue weighted by molar-refractivity contribution is -0.161. The SMILES string of the molecule is CC/C=C/C=C/C=C/CCCCCCCC(=O)OC(COC(=O)CCCCCCCCCCCCCCCCC)COP(=O)(O)OC[C@@H](O)CO. The maximum atomic E-state index is 12.5. The normalized spacial score (nSPS) is 14.4. The third kappa shape index (κ3) is 36.3. The topological polar surface area (TPSA) is 149 Å². The van der Waals surface area contributed by atoms with Crippen LogP contribution in [0.15, 0.2) is 36.5 Å². The predicted octanol–water partition coefficient (Wildman–Crippen LogP) is 10.00. The highest BCUT2D eigenvalue weighted by Gasteiger charge is 2.27. The van der Waals surface area contributed by atoms with Crippen LogP contribution in [-0.2, 0) is 32.7 Å². The smallest absolute Gasteiger partial charge is 0.462 e. The van der Waals surface area contributed by atoms with Crippen molar-refractivity contribution in [1.82, 2.24) is 0 Å². The Bertz CT molecular complexity index is 952. The van der Waals surface area contributed by atoms with Gasteiger partial charge in [-0.2, -0.15) is 0 Å². The average molecular weight is 745 g/mol. The summed E-state index contributed by atoms with van der Waals surface area (Å²) in [5.41, 5.74) is 0. The zero-order valence-corrected chi connectivity index (χ0v) is 33.0. The zero-order chi connectivity index (χ0) is 37.7. The fourth-order valence-electron chi connectivity index (χ4n) is 5.29. The number of carbonyl (C=O) groups is 2. The number of allylic oxidation sites excluding steroid dienone is 6. The van der Waals surface area contributed by atoms with Crippen molar-refractivity contribution in [2.45, 2.75) is 180 Å². The Hall–Kier alpha value is -1.81. The Morgan fingerprint density at radius 2 is 1.08 bits per heavy atom. The molecule has 0 radical (unpaired) electrons. The van der Waals surface area contributed by atoms with Crippen LogP contribution in [0.4, 0.5) is 0 Å². The molecule has 0 amide bonds. The molecule has 0 aromatic heterocycles. The second-order valence-electron chi connectivity index (χ2n) is 13.3. The average Bonchev–Trinajstić information content (AvgIpc) is 3.12. The Morgan fingerprint density at radius 1 is 0.608 bits per heavy atom. The van der Waals surface area contributed by atoms with Crippen LogP contribution in [0.3, 0.4) is 0 Å². The number of rotatable bonds is 37. The van der Waals surface area contributed by atoms with Crippen LogP contribution in [-0.4, -0.2) is 65.7 Å². The summed E-state index contributed by atoms with van der Waals surface area (Å²) in [7, 11) is -4.62. The van der Waals surface area contributed by atoms with E-state index in [9.17, 15) is 24.2 Å². The summed E-state index contributed by atoms with van der Waals surface area (Å²) in [6, 6.07) is 0. The highest BCUT2D eigenvalue weighted by Crippen LogP contribution is 2.43. The molecule has 0 fully saturated rings. The summed E-state index contributed by atoms with van der Waals surface area (Å²) in [6.07, 6.45) is 35.4. The Kier molecular flexibility index (Phi) is 35.2. The lowest BCUT2D eigenvalue weighted by Gasteiger charge is -2.20. The molecule has 0 spiro atoms. The van der Waals surface area contributed by atoms with Gasteiger partial charge in [-0.1, -0.05) is 159 Å². The molecule has 0 saturated carbocycles. The Balaban J connectivity index is 4.35. The highest BCUT2D eigenvalue weighted by atomic mass is 31.2. The quantitative estimate of drug-likeness (QED) is 0.0243. The first-order valence-corrected chi connectivity index (χ1v) is 21.5. The van der Waals surface area contributed by atoms with Crippen LogP contribution in [0.5, 0.6) is 0 Å². The maximum absolute atomic E-state index is 12.5. The molecule has 10 nitrogen and oxygen atoms in total. The van der Waals surface area contributed by atoms with Gasteiger partial charge in [0.1, 0.15) is 12.7 Å². The number of hydrogen-bond acceptors (Lipinski definition) is 9. The van der Waals surface area contributed by atoms with Gasteiger partial charge in [0.25, 0.3) is 0 Å². The molecule has 0 aliphatic rings. The Labute approximate surface area is 310 Å². The van der Waals surface area contributed by atoms with Crippen molar-refractivity contribution in [3.8, 4) is 0 Å². The first-order valence-electron chi connectivity index (χ1n) is 20.0. The van der Waals surface area contributed by atoms with Gasteiger partial charge in [0.15, 0.2) is 6.10 Å². The van der Waals surface area contributed by atoms with Gasteiger partial charge < -0.3 is 24.6 Å². The number of phosphoric ester groups is 1. The van der Waals surface area contributed by atoms with Gasteiger partial charge in [-0.05, 0) is 32.1 Å². The van der Waals surface area contributed by atoms with Crippen molar-refractivity contribution in [1.29, 1.82) is 0 Å². The van der Waals surface area contributed by atoms with E-state index in [0.717, 1.165) is 57.8 Å².